The largest absolute Gasteiger partial charge is 0.355 e. The van der Waals surface area contributed by atoms with Crippen molar-refractivity contribution in [2.75, 3.05) is 10.6 Å². The van der Waals surface area contributed by atoms with Gasteiger partial charge in [0.2, 0.25) is 0 Å². The molecular formula is C52H54N4. The first-order valence-electron chi connectivity index (χ1n) is 20.1. The van der Waals surface area contributed by atoms with Crippen LogP contribution in [0.4, 0.5) is 34.1 Å². The predicted octanol–water partition coefficient (Wildman–Crippen LogP) is 15.5. The molecule has 0 fully saturated rings. The predicted molar refractivity (Wildman–Crippen MR) is 245 cm³/mol. The molecule has 4 heteroatoms. The lowest BCUT2D eigenvalue weighted by atomic mass is 9.92. The molecule has 0 unspecified atom stereocenters. The summed E-state index contributed by atoms with van der Waals surface area (Å²) in [5.41, 5.74) is 13.7. The third-order valence-corrected chi connectivity index (χ3v) is 10.7. The van der Waals surface area contributed by atoms with Gasteiger partial charge in [0.1, 0.15) is 0 Å². The lowest BCUT2D eigenvalue weighted by Gasteiger charge is -2.21. The number of aliphatic imine (C=N–C) groups is 2. The Morgan fingerprint density at radius 2 is 0.750 bits per heavy atom. The van der Waals surface area contributed by atoms with E-state index < -0.39 is 0 Å². The van der Waals surface area contributed by atoms with E-state index in [0.29, 0.717) is 23.7 Å². The van der Waals surface area contributed by atoms with Gasteiger partial charge in [0.15, 0.2) is 0 Å². The maximum Gasteiger partial charge on any atom is 0.0708 e. The average molecular weight is 735 g/mol. The van der Waals surface area contributed by atoms with Gasteiger partial charge in [-0.15, -0.1) is 0 Å². The van der Waals surface area contributed by atoms with Crippen molar-refractivity contribution in [3.63, 3.8) is 0 Å². The molecule has 0 saturated carbocycles. The minimum atomic E-state index is 0.397. The molecule has 0 aromatic heterocycles. The van der Waals surface area contributed by atoms with E-state index in [9.17, 15) is 0 Å². The number of anilines is 4. The summed E-state index contributed by atoms with van der Waals surface area (Å²) in [7, 11) is 0. The lowest BCUT2D eigenvalue weighted by molar-refractivity contribution is 0.838. The zero-order chi connectivity index (χ0) is 39.3. The summed E-state index contributed by atoms with van der Waals surface area (Å²) in [6, 6.07) is 47.4. The van der Waals surface area contributed by atoms with Gasteiger partial charge < -0.3 is 10.6 Å². The summed E-state index contributed by atoms with van der Waals surface area (Å²) in [4.78, 5) is 10.3. The highest BCUT2D eigenvalue weighted by Gasteiger charge is 2.17. The smallest absolute Gasteiger partial charge is 0.0708 e. The molecule has 0 bridgehead atoms. The topological polar surface area (TPSA) is 48.8 Å². The molecule has 0 saturated heterocycles. The number of rotatable bonds is 12. The van der Waals surface area contributed by atoms with Gasteiger partial charge in [-0.25, -0.2) is 0 Å². The highest BCUT2D eigenvalue weighted by atomic mass is 14.9. The number of nitrogens with zero attached hydrogens (tertiary/aromatic N) is 2. The van der Waals surface area contributed by atoms with Crippen molar-refractivity contribution >= 4 is 68.1 Å². The van der Waals surface area contributed by atoms with Gasteiger partial charge in [0.25, 0.3) is 0 Å². The minimum Gasteiger partial charge on any atom is -0.355 e. The molecule has 0 aliphatic heterocycles. The van der Waals surface area contributed by atoms with Crippen LogP contribution >= 0.6 is 0 Å². The van der Waals surface area contributed by atoms with Crippen LogP contribution in [0.15, 0.2) is 143 Å². The molecule has 0 atom stereocenters. The van der Waals surface area contributed by atoms with E-state index in [0.717, 1.165) is 55.4 Å². The fourth-order valence-corrected chi connectivity index (χ4v) is 7.63. The Labute approximate surface area is 333 Å². The summed E-state index contributed by atoms with van der Waals surface area (Å²) in [5.74, 6) is 1.59. The quantitative estimate of drug-likeness (QED) is 0.0970. The standard InChI is InChI=1S/C52H54N4/c1-33(2)41-21-15-22-42(34(3)4)51(41)55-47-25-11-9-17-39(47)31-53-49-27-13-19-37-29-38-20-14-28-50(46(38)30-45(37)49)54-32-40-18-10-12-26-48(40)56-52-43(35(5)6)23-16-24-44(52)36(7)8/h9-36,55-56H,1-8H3. The Hall–Kier alpha value is -6.00. The number of hydrogen-bond donors (Lipinski definition) is 2. The maximum absolute atomic E-state index is 5.13. The van der Waals surface area contributed by atoms with Gasteiger partial charge in [-0.2, -0.15) is 0 Å². The molecule has 4 nitrogen and oxygen atoms in total. The van der Waals surface area contributed by atoms with Crippen molar-refractivity contribution in [3.05, 3.63) is 167 Å². The Morgan fingerprint density at radius 1 is 0.393 bits per heavy atom. The monoisotopic (exact) mass is 734 g/mol. The molecule has 2 N–H and O–H groups in total. The zero-order valence-corrected chi connectivity index (χ0v) is 34.1. The van der Waals surface area contributed by atoms with E-state index in [-0.39, 0.29) is 0 Å². The molecule has 0 heterocycles. The molecule has 0 spiro atoms. The third-order valence-electron chi connectivity index (χ3n) is 10.7. The summed E-state index contributed by atoms with van der Waals surface area (Å²) in [6.07, 6.45) is 3.98. The number of hydrogen-bond acceptors (Lipinski definition) is 4. The molecule has 56 heavy (non-hydrogen) atoms. The molecule has 7 aromatic rings. The Morgan fingerprint density at radius 3 is 1.12 bits per heavy atom. The van der Waals surface area contributed by atoms with Crippen molar-refractivity contribution in [2.24, 2.45) is 9.98 Å². The van der Waals surface area contributed by atoms with Crippen LogP contribution in [0.3, 0.4) is 0 Å². The Kier molecular flexibility index (Phi) is 11.5. The van der Waals surface area contributed by atoms with Gasteiger partial charge in [-0.3, -0.25) is 9.98 Å². The zero-order valence-electron chi connectivity index (χ0n) is 34.1. The first kappa shape index (κ1) is 38.3. The fraction of sp³-hybridized carbons (Fsp3) is 0.231. The van der Waals surface area contributed by atoms with E-state index >= 15 is 0 Å². The highest BCUT2D eigenvalue weighted by Crippen LogP contribution is 2.38. The van der Waals surface area contributed by atoms with E-state index in [1.165, 1.54) is 33.6 Å². The van der Waals surface area contributed by atoms with Crippen LogP contribution in [0, 0.1) is 0 Å². The first-order valence-corrected chi connectivity index (χ1v) is 20.1. The summed E-state index contributed by atoms with van der Waals surface area (Å²) in [5, 5.41) is 12.1. The van der Waals surface area contributed by atoms with Gasteiger partial charge in [0.05, 0.1) is 11.4 Å². The molecule has 0 aliphatic carbocycles. The number of fused-ring (bicyclic) bond motifs is 2. The molecule has 7 rings (SSSR count). The second-order valence-corrected chi connectivity index (χ2v) is 16.0. The lowest BCUT2D eigenvalue weighted by Crippen LogP contribution is -2.05. The van der Waals surface area contributed by atoms with Gasteiger partial charge in [0, 0.05) is 57.1 Å². The summed E-state index contributed by atoms with van der Waals surface area (Å²) in [6.45, 7) is 18.0. The second kappa shape index (κ2) is 16.8. The maximum atomic E-state index is 5.13. The van der Waals surface area contributed by atoms with E-state index in [1.807, 2.05) is 12.4 Å². The molecule has 0 amide bonds. The van der Waals surface area contributed by atoms with Gasteiger partial charge in [-0.1, -0.05) is 152 Å². The first-order chi connectivity index (χ1) is 27.1. The van der Waals surface area contributed by atoms with E-state index in [2.05, 4.69) is 199 Å². The number of nitrogens with one attached hydrogen (secondary N) is 2. The molecule has 0 aliphatic rings. The number of para-hydroxylation sites is 4. The van der Waals surface area contributed by atoms with Crippen LogP contribution < -0.4 is 10.6 Å². The highest BCUT2D eigenvalue weighted by molar-refractivity contribution is 6.08. The van der Waals surface area contributed by atoms with Crippen LogP contribution in [0.25, 0.3) is 21.5 Å². The average Bonchev–Trinajstić information content (AvgIpc) is 3.19. The summed E-state index contributed by atoms with van der Waals surface area (Å²) >= 11 is 0. The minimum absolute atomic E-state index is 0.397. The fourth-order valence-electron chi connectivity index (χ4n) is 7.63. The van der Waals surface area contributed by atoms with Gasteiger partial charge >= 0.3 is 0 Å². The molecule has 7 aromatic carbocycles. The molecule has 0 radical (unpaired) electrons. The van der Waals surface area contributed by atoms with Crippen molar-refractivity contribution in [3.8, 4) is 0 Å². The van der Waals surface area contributed by atoms with Crippen molar-refractivity contribution in [1.29, 1.82) is 0 Å². The van der Waals surface area contributed by atoms with Crippen LogP contribution in [0.2, 0.25) is 0 Å². The second-order valence-electron chi connectivity index (χ2n) is 16.0. The van der Waals surface area contributed by atoms with E-state index in [4.69, 9.17) is 9.98 Å². The van der Waals surface area contributed by atoms with Crippen molar-refractivity contribution in [2.45, 2.75) is 79.1 Å². The van der Waals surface area contributed by atoms with Crippen LogP contribution in [-0.2, 0) is 0 Å². The SMILES string of the molecule is CC(C)c1cccc(C(C)C)c1Nc1ccccc1C=Nc1cccc2cc3cccc(N=Cc4ccccc4Nc4c(C(C)C)cccc4C(C)C)c3cc12. The van der Waals surface area contributed by atoms with Crippen LogP contribution in [0.1, 0.15) is 112 Å². The normalized spacial score (nSPS) is 12.1. The molecular weight excluding hydrogens is 681 g/mol. The van der Waals surface area contributed by atoms with Crippen molar-refractivity contribution in [1.82, 2.24) is 0 Å². The Balaban J connectivity index is 1.23. The molecule has 282 valence electrons. The third kappa shape index (κ3) is 8.16. The van der Waals surface area contributed by atoms with E-state index in [1.54, 1.807) is 0 Å². The summed E-state index contributed by atoms with van der Waals surface area (Å²) < 4.78 is 0. The van der Waals surface area contributed by atoms with Crippen LogP contribution in [0.5, 0.6) is 0 Å². The van der Waals surface area contributed by atoms with Crippen molar-refractivity contribution < 1.29 is 0 Å². The number of benzene rings is 7. The Bertz CT molecular complexity index is 2330. The van der Waals surface area contributed by atoms with Crippen LogP contribution in [-0.4, -0.2) is 12.4 Å². The van der Waals surface area contributed by atoms with Gasteiger partial charge in [-0.05, 0) is 93.1 Å².